The van der Waals surface area contributed by atoms with Gasteiger partial charge in [-0.1, -0.05) is 30.6 Å². The van der Waals surface area contributed by atoms with E-state index in [0.717, 1.165) is 0 Å². The zero-order valence-electron chi connectivity index (χ0n) is 10.9. The maximum atomic E-state index is 13.0. The Morgan fingerprint density at radius 3 is 2.80 bits per heavy atom. The van der Waals surface area contributed by atoms with Crippen molar-refractivity contribution < 1.29 is 8.91 Å². The fourth-order valence-corrected chi connectivity index (χ4v) is 2.73. The number of hydrogen-bond donors (Lipinski definition) is 0. The maximum absolute atomic E-state index is 13.0. The molecule has 3 rings (SSSR count). The van der Waals surface area contributed by atoms with E-state index in [1.165, 1.54) is 18.2 Å². The summed E-state index contributed by atoms with van der Waals surface area (Å²) >= 11 is 5.97. The van der Waals surface area contributed by atoms with E-state index in [1.54, 1.807) is 0 Å². The van der Waals surface area contributed by atoms with Crippen LogP contribution >= 0.6 is 11.6 Å². The second kappa shape index (κ2) is 4.29. The molecule has 1 aromatic heterocycles. The van der Waals surface area contributed by atoms with Crippen molar-refractivity contribution >= 4 is 11.6 Å². The summed E-state index contributed by atoms with van der Waals surface area (Å²) in [7, 11) is 0. The van der Waals surface area contributed by atoms with Crippen molar-refractivity contribution in [2.24, 2.45) is 11.3 Å². The lowest BCUT2D eigenvalue weighted by Gasteiger charge is -1.98. The topological polar surface area (TPSA) is 62.7 Å². The highest BCUT2D eigenvalue weighted by atomic mass is 35.5. The van der Waals surface area contributed by atoms with E-state index in [4.69, 9.17) is 21.4 Å². The van der Waals surface area contributed by atoms with Gasteiger partial charge in [-0.3, -0.25) is 0 Å². The Morgan fingerprint density at radius 2 is 2.20 bits per heavy atom. The number of halogens is 2. The van der Waals surface area contributed by atoms with Crippen molar-refractivity contribution in [2.45, 2.75) is 19.8 Å². The molecule has 0 amide bonds. The van der Waals surface area contributed by atoms with Crippen LogP contribution < -0.4 is 0 Å². The van der Waals surface area contributed by atoms with Crippen molar-refractivity contribution in [3.8, 4) is 17.5 Å². The highest BCUT2D eigenvalue weighted by Gasteiger charge is 2.62. The van der Waals surface area contributed by atoms with Gasteiger partial charge in [-0.2, -0.15) is 10.2 Å². The van der Waals surface area contributed by atoms with E-state index >= 15 is 0 Å². The van der Waals surface area contributed by atoms with Crippen LogP contribution in [0, 0.1) is 28.5 Å². The smallest absolute Gasteiger partial charge is 0.232 e. The van der Waals surface area contributed by atoms with Crippen molar-refractivity contribution in [3.63, 3.8) is 0 Å². The van der Waals surface area contributed by atoms with Gasteiger partial charge in [0.15, 0.2) is 0 Å². The quantitative estimate of drug-likeness (QED) is 0.844. The van der Waals surface area contributed by atoms with Gasteiger partial charge in [0.05, 0.1) is 22.9 Å². The molecule has 0 spiro atoms. The summed E-state index contributed by atoms with van der Waals surface area (Å²) in [6.07, 6.45) is 0. The van der Waals surface area contributed by atoms with E-state index in [2.05, 4.69) is 16.2 Å². The van der Waals surface area contributed by atoms with Crippen molar-refractivity contribution in [1.82, 2.24) is 10.1 Å². The third kappa shape index (κ3) is 1.88. The van der Waals surface area contributed by atoms with E-state index in [9.17, 15) is 4.39 Å². The maximum Gasteiger partial charge on any atom is 0.232 e. The lowest BCUT2D eigenvalue weighted by atomic mass is 10.1. The second-order valence-electron chi connectivity index (χ2n) is 5.49. The molecule has 20 heavy (non-hydrogen) atoms. The first-order valence-corrected chi connectivity index (χ1v) is 6.51. The molecule has 0 radical (unpaired) electrons. The fourth-order valence-electron chi connectivity index (χ4n) is 2.48. The summed E-state index contributed by atoms with van der Waals surface area (Å²) < 4.78 is 18.3. The Balaban J connectivity index is 1.94. The van der Waals surface area contributed by atoms with Crippen LogP contribution in [-0.4, -0.2) is 10.1 Å². The minimum atomic E-state index is -0.421. The molecule has 4 nitrogen and oxygen atoms in total. The third-order valence-electron chi connectivity index (χ3n) is 3.85. The van der Waals surface area contributed by atoms with E-state index in [0.29, 0.717) is 17.3 Å². The highest BCUT2D eigenvalue weighted by Crippen LogP contribution is 2.63. The predicted octanol–water partition coefficient (Wildman–Crippen LogP) is 3.79. The molecule has 1 heterocycles. The molecule has 0 bridgehead atoms. The van der Waals surface area contributed by atoms with Gasteiger partial charge in [0.1, 0.15) is 5.82 Å². The largest absolute Gasteiger partial charge is 0.339 e. The summed E-state index contributed by atoms with van der Waals surface area (Å²) in [5.74, 6) is 0.129. The number of aromatic nitrogens is 2. The second-order valence-corrected chi connectivity index (χ2v) is 5.89. The summed E-state index contributed by atoms with van der Waals surface area (Å²) in [4.78, 5) is 4.29. The normalized spacial score (nSPS) is 23.4. The van der Waals surface area contributed by atoms with E-state index in [1.807, 2.05) is 13.8 Å². The van der Waals surface area contributed by atoms with Crippen LogP contribution in [0.5, 0.6) is 0 Å². The number of hydrogen-bond acceptors (Lipinski definition) is 4. The van der Waals surface area contributed by atoms with Crippen LogP contribution in [0.2, 0.25) is 5.02 Å². The molecule has 1 fully saturated rings. The van der Waals surface area contributed by atoms with Gasteiger partial charge in [0, 0.05) is 5.56 Å². The summed E-state index contributed by atoms with van der Waals surface area (Å²) in [5.41, 5.74) is 0.348. The molecule has 1 aliphatic rings. The van der Waals surface area contributed by atoms with Gasteiger partial charge >= 0.3 is 0 Å². The SMILES string of the molecule is CC1(C)C(C#N)C1c1nc(-c2ccc(F)cc2Cl)no1. The van der Waals surface area contributed by atoms with Gasteiger partial charge in [0.2, 0.25) is 11.7 Å². The van der Waals surface area contributed by atoms with E-state index in [-0.39, 0.29) is 22.3 Å². The Morgan fingerprint density at radius 1 is 1.45 bits per heavy atom. The molecule has 0 saturated heterocycles. The number of benzene rings is 1. The Bertz CT molecular complexity index is 719. The number of nitriles is 1. The van der Waals surface area contributed by atoms with Crippen LogP contribution in [0.25, 0.3) is 11.4 Å². The van der Waals surface area contributed by atoms with Crippen LogP contribution in [0.4, 0.5) is 4.39 Å². The summed E-state index contributed by atoms with van der Waals surface area (Å²) in [6, 6.07) is 6.24. The number of nitrogens with zero attached hydrogens (tertiary/aromatic N) is 3. The minimum Gasteiger partial charge on any atom is -0.339 e. The average Bonchev–Trinajstić information content (AvgIpc) is 2.73. The highest BCUT2D eigenvalue weighted by molar-refractivity contribution is 6.33. The van der Waals surface area contributed by atoms with Gasteiger partial charge in [-0.05, 0) is 23.6 Å². The molecule has 2 atom stereocenters. The molecule has 0 aliphatic heterocycles. The molecule has 1 saturated carbocycles. The lowest BCUT2D eigenvalue weighted by Crippen LogP contribution is -1.90. The zero-order valence-corrected chi connectivity index (χ0v) is 11.6. The molecule has 1 aliphatic carbocycles. The molecule has 6 heteroatoms. The molecule has 2 unspecified atom stereocenters. The Kier molecular flexibility index (Phi) is 2.80. The molecule has 102 valence electrons. The Labute approximate surface area is 120 Å². The van der Waals surface area contributed by atoms with Crippen LogP contribution in [0.1, 0.15) is 25.7 Å². The predicted molar refractivity (Wildman–Crippen MR) is 70.3 cm³/mol. The first-order chi connectivity index (χ1) is 9.45. The minimum absolute atomic E-state index is 0.0621. The fraction of sp³-hybridized carbons (Fsp3) is 0.357. The van der Waals surface area contributed by atoms with Crippen LogP contribution in [-0.2, 0) is 0 Å². The standard InChI is InChI=1S/C14H11ClFN3O/c1-14(2)9(6-17)11(14)13-18-12(19-20-13)8-4-3-7(16)5-10(8)15/h3-5,9,11H,1-2H3. The van der Waals surface area contributed by atoms with Gasteiger partial charge in [-0.25, -0.2) is 4.39 Å². The van der Waals surface area contributed by atoms with E-state index < -0.39 is 5.82 Å². The molecule has 1 aromatic carbocycles. The van der Waals surface area contributed by atoms with Crippen molar-refractivity contribution in [2.75, 3.05) is 0 Å². The summed E-state index contributed by atoms with van der Waals surface area (Å²) in [6.45, 7) is 3.97. The monoisotopic (exact) mass is 291 g/mol. The lowest BCUT2D eigenvalue weighted by molar-refractivity contribution is 0.368. The van der Waals surface area contributed by atoms with Crippen LogP contribution in [0.15, 0.2) is 22.7 Å². The summed E-state index contributed by atoms with van der Waals surface area (Å²) in [5, 5.41) is 13.2. The Hall–Kier alpha value is -1.93. The molecule has 0 N–H and O–H groups in total. The van der Waals surface area contributed by atoms with Crippen LogP contribution in [0.3, 0.4) is 0 Å². The zero-order chi connectivity index (χ0) is 14.5. The van der Waals surface area contributed by atoms with Gasteiger partial charge < -0.3 is 4.52 Å². The molecular weight excluding hydrogens is 281 g/mol. The average molecular weight is 292 g/mol. The van der Waals surface area contributed by atoms with Gasteiger partial charge in [-0.15, -0.1) is 0 Å². The molecule has 2 aromatic rings. The first kappa shape index (κ1) is 13.1. The van der Waals surface area contributed by atoms with Crippen molar-refractivity contribution in [1.29, 1.82) is 5.26 Å². The molecular formula is C14H11ClFN3O. The van der Waals surface area contributed by atoms with Gasteiger partial charge in [0.25, 0.3) is 0 Å². The van der Waals surface area contributed by atoms with Crippen molar-refractivity contribution in [3.05, 3.63) is 34.9 Å². The number of rotatable bonds is 2. The third-order valence-corrected chi connectivity index (χ3v) is 4.16. The first-order valence-electron chi connectivity index (χ1n) is 6.14.